The van der Waals surface area contributed by atoms with Crippen LogP contribution >= 0.6 is 0 Å². The van der Waals surface area contributed by atoms with Crippen LogP contribution in [0.1, 0.15) is 26.3 Å². The van der Waals surface area contributed by atoms with E-state index in [0.29, 0.717) is 6.54 Å². The third kappa shape index (κ3) is 7.01. The Morgan fingerprint density at radius 1 is 1.09 bits per heavy atom. The lowest BCUT2D eigenvalue weighted by Gasteiger charge is -2.34. The number of carbonyl (C=O) groups is 1. The molecule has 1 aliphatic rings. The molecule has 23 heavy (non-hydrogen) atoms. The van der Waals surface area contributed by atoms with Crippen LogP contribution in [0.5, 0.6) is 0 Å². The lowest BCUT2D eigenvalue weighted by molar-refractivity contribution is 0.0515. The molecule has 5 nitrogen and oxygen atoms in total. The van der Waals surface area contributed by atoms with Gasteiger partial charge in [-0.25, -0.2) is 4.79 Å². The molecule has 0 unspecified atom stereocenters. The molecular formula is C18H29N3O2. The highest BCUT2D eigenvalue weighted by molar-refractivity contribution is 5.67. The summed E-state index contributed by atoms with van der Waals surface area (Å²) in [5.41, 5.74) is 0.931. The van der Waals surface area contributed by atoms with E-state index in [4.69, 9.17) is 4.74 Å². The van der Waals surface area contributed by atoms with E-state index in [2.05, 4.69) is 45.4 Å². The van der Waals surface area contributed by atoms with Crippen LogP contribution in [-0.2, 0) is 11.3 Å². The maximum Gasteiger partial charge on any atom is 0.407 e. The normalized spacial score (nSPS) is 17.0. The molecule has 0 aromatic heterocycles. The lowest BCUT2D eigenvalue weighted by atomic mass is 10.2. The van der Waals surface area contributed by atoms with Gasteiger partial charge >= 0.3 is 6.09 Å². The number of alkyl carbamates (subject to hydrolysis) is 1. The topological polar surface area (TPSA) is 44.8 Å². The van der Waals surface area contributed by atoms with Crippen molar-refractivity contribution in [1.29, 1.82) is 0 Å². The zero-order chi connectivity index (χ0) is 16.7. The molecule has 128 valence electrons. The molecule has 1 amide bonds. The molecule has 1 fully saturated rings. The summed E-state index contributed by atoms with van der Waals surface area (Å²) in [6.07, 6.45) is -0.333. The minimum absolute atomic E-state index is 0.333. The van der Waals surface area contributed by atoms with E-state index in [1.807, 2.05) is 20.8 Å². The Kier molecular flexibility index (Phi) is 6.42. The van der Waals surface area contributed by atoms with Gasteiger partial charge in [0.25, 0.3) is 0 Å². The predicted octanol–water partition coefficient (Wildman–Crippen LogP) is 2.33. The molecule has 0 atom stereocenters. The van der Waals surface area contributed by atoms with Gasteiger partial charge in [0.05, 0.1) is 0 Å². The minimum Gasteiger partial charge on any atom is -0.444 e. The Morgan fingerprint density at radius 2 is 1.70 bits per heavy atom. The summed E-state index contributed by atoms with van der Waals surface area (Å²) in [5.74, 6) is 0. The summed E-state index contributed by atoms with van der Waals surface area (Å²) in [6, 6.07) is 10.6. The van der Waals surface area contributed by atoms with Gasteiger partial charge in [0.2, 0.25) is 0 Å². The number of amides is 1. The largest absolute Gasteiger partial charge is 0.444 e. The number of hydrogen-bond donors (Lipinski definition) is 1. The first-order valence-corrected chi connectivity index (χ1v) is 8.38. The smallest absolute Gasteiger partial charge is 0.407 e. The van der Waals surface area contributed by atoms with Crippen molar-refractivity contribution in [3.63, 3.8) is 0 Å². The van der Waals surface area contributed by atoms with E-state index < -0.39 is 5.60 Å². The second kappa shape index (κ2) is 8.31. The highest BCUT2D eigenvalue weighted by Gasteiger charge is 2.18. The van der Waals surface area contributed by atoms with Gasteiger partial charge in [-0.2, -0.15) is 0 Å². The third-order valence-electron chi connectivity index (χ3n) is 3.81. The van der Waals surface area contributed by atoms with E-state index in [0.717, 1.165) is 39.3 Å². The molecule has 0 radical (unpaired) electrons. The maximum absolute atomic E-state index is 11.6. The second-order valence-corrected chi connectivity index (χ2v) is 7.03. The van der Waals surface area contributed by atoms with Crippen LogP contribution in [0.25, 0.3) is 0 Å². The Bertz CT molecular complexity index is 477. The van der Waals surface area contributed by atoms with E-state index in [1.54, 1.807) is 0 Å². The first kappa shape index (κ1) is 17.8. The van der Waals surface area contributed by atoms with Crippen molar-refractivity contribution in [2.24, 2.45) is 0 Å². The summed E-state index contributed by atoms with van der Waals surface area (Å²) in [4.78, 5) is 16.5. The van der Waals surface area contributed by atoms with Crippen molar-refractivity contribution in [1.82, 2.24) is 15.1 Å². The fraction of sp³-hybridized carbons (Fsp3) is 0.611. The van der Waals surface area contributed by atoms with E-state index in [-0.39, 0.29) is 6.09 Å². The molecule has 1 aromatic rings. The molecule has 2 rings (SSSR count). The van der Waals surface area contributed by atoms with Crippen molar-refractivity contribution in [2.75, 3.05) is 39.3 Å². The van der Waals surface area contributed by atoms with Gasteiger partial charge in [0.1, 0.15) is 5.60 Å². The number of nitrogens with zero attached hydrogens (tertiary/aromatic N) is 2. The monoisotopic (exact) mass is 319 g/mol. The van der Waals surface area contributed by atoms with Crippen molar-refractivity contribution in [3.8, 4) is 0 Å². The van der Waals surface area contributed by atoms with E-state index >= 15 is 0 Å². The number of rotatable bonds is 5. The molecule has 5 heteroatoms. The van der Waals surface area contributed by atoms with Crippen LogP contribution in [0.15, 0.2) is 30.3 Å². The Hall–Kier alpha value is -1.59. The van der Waals surface area contributed by atoms with Crippen molar-refractivity contribution < 1.29 is 9.53 Å². The summed E-state index contributed by atoms with van der Waals surface area (Å²) in [6.45, 7) is 12.4. The molecule has 1 heterocycles. The zero-order valence-electron chi connectivity index (χ0n) is 14.5. The summed E-state index contributed by atoms with van der Waals surface area (Å²) < 4.78 is 5.23. The summed E-state index contributed by atoms with van der Waals surface area (Å²) >= 11 is 0. The molecule has 0 bridgehead atoms. The van der Waals surface area contributed by atoms with Gasteiger partial charge < -0.3 is 10.1 Å². The van der Waals surface area contributed by atoms with Crippen LogP contribution in [0, 0.1) is 0 Å². The number of hydrogen-bond acceptors (Lipinski definition) is 4. The molecule has 0 spiro atoms. The molecule has 0 saturated carbocycles. The fourth-order valence-corrected chi connectivity index (χ4v) is 2.64. The Balaban J connectivity index is 1.61. The zero-order valence-corrected chi connectivity index (χ0v) is 14.5. The third-order valence-corrected chi connectivity index (χ3v) is 3.81. The Labute approximate surface area is 139 Å². The van der Waals surface area contributed by atoms with Gasteiger partial charge in [0, 0.05) is 45.8 Å². The van der Waals surface area contributed by atoms with Crippen molar-refractivity contribution >= 4 is 6.09 Å². The number of nitrogens with one attached hydrogen (secondary N) is 1. The van der Waals surface area contributed by atoms with Gasteiger partial charge in [-0.1, -0.05) is 30.3 Å². The highest BCUT2D eigenvalue weighted by Crippen LogP contribution is 2.08. The van der Waals surface area contributed by atoms with Gasteiger partial charge in [-0.15, -0.1) is 0 Å². The maximum atomic E-state index is 11.6. The quantitative estimate of drug-likeness (QED) is 0.905. The predicted molar refractivity (Wildman–Crippen MR) is 92.4 cm³/mol. The molecule has 1 N–H and O–H groups in total. The van der Waals surface area contributed by atoms with Gasteiger partial charge in [-0.3, -0.25) is 9.80 Å². The Morgan fingerprint density at radius 3 is 2.30 bits per heavy atom. The SMILES string of the molecule is CC(C)(C)OC(=O)NCCN1CCN(Cc2ccccc2)CC1. The van der Waals surface area contributed by atoms with Crippen LogP contribution in [0.3, 0.4) is 0 Å². The first-order chi connectivity index (χ1) is 10.9. The minimum atomic E-state index is -0.437. The molecule has 1 aliphatic heterocycles. The summed E-state index contributed by atoms with van der Waals surface area (Å²) in [7, 11) is 0. The molecule has 1 saturated heterocycles. The number of carbonyl (C=O) groups excluding carboxylic acids is 1. The molecule has 1 aromatic carbocycles. The van der Waals surface area contributed by atoms with Gasteiger partial charge in [-0.05, 0) is 26.3 Å². The van der Waals surface area contributed by atoms with E-state index in [9.17, 15) is 4.79 Å². The number of piperazine rings is 1. The average Bonchev–Trinajstić information content (AvgIpc) is 2.48. The van der Waals surface area contributed by atoms with Crippen molar-refractivity contribution in [2.45, 2.75) is 32.9 Å². The van der Waals surface area contributed by atoms with Crippen LogP contribution < -0.4 is 5.32 Å². The fourth-order valence-electron chi connectivity index (χ4n) is 2.64. The van der Waals surface area contributed by atoms with Crippen molar-refractivity contribution in [3.05, 3.63) is 35.9 Å². The average molecular weight is 319 g/mol. The number of benzene rings is 1. The molecule has 0 aliphatic carbocycles. The first-order valence-electron chi connectivity index (χ1n) is 8.38. The van der Waals surface area contributed by atoms with Crippen LogP contribution in [0.4, 0.5) is 4.79 Å². The summed E-state index contributed by atoms with van der Waals surface area (Å²) in [5, 5.41) is 2.82. The number of ether oxygens (including phenoxy) is 1. The van der Waals surface area contributed by atoms with Crippen LogP contribution in [0.2, 0.25) is 0 Å². The molecular weight excluding hydrogens is 290 g/mol. The highest BCUT2D eigenvalue weighted by atomic mass is 16.6. The van der Waals surface area contributed by atoms with Crippen LogP contribution in [-0.4, -0.2) is 60.8 Å². The van der Waals surface area contributed by atoms with E-state index in [1.165, 1.54) is 5.56 Å². The standard InChI is InChI=1S/C18H29N3O2/c1-18(2,3)23-17(22)19-9-10-20-11-13-21(14-12-20)15-16-7-5-4-6-8-16/h4-8H,9-15H2,1-3H3,(H,19,22). The second-order valence-electron chi connectivity index (χ2n) is 7.03. The lowest BCUT2D eigenvalue weighted by Crippen LogP contribution is -2.48. The van der Waals surface area contributed by atoms with Gasteiger partial charge in [0.15, 0.2) is 0 Å².